The molecule has 132 valence electrons. The highest BCUT2D eigenvalue weighted by Crippen LogP contribution is 2.41. The number of halogens is 1. The van der Waals surface area contributed by atoms with Gasteiger partial charge in [0.05, 0.1) is 12.1 Å². The predicted octanol–water partition coefficient (Wildman–Crippen LogP) is 3.94. The van der Waals surface area contributed by atoms with Crippen LogP contribution in [0.1, 0.15) is 55.6 Å². The summed E-state index contributed by atoms with van der Waals surface area (Å²) in [6, 6.07) is 6.37. The third-order valence-electron chi connectivity index (χ3n) is 5.20. The van der Waals surface area contributed by atoms with Crippen LogP contribution >= 0.6 is 0 Å². The van der Waals surface area contributed by atoms with E-state index in [0.29, 0.717) is 5.92 Å². The fourth-order valence-electron chi connectivity index (χ4n) is 3.71. The summed E-state index contributed by atoms with van der Waals surface area (Å²) in [4.78, 5) is 22.4. The van der Waals surface area contributed by atoms with Gasteiger partial charge >= 0.3 is 6.03 Å². The minimum atomic E-state index is -0.251. The summed E-state index contributed by atoms with van der Waals surface area (Å²) in [7, 11) is 0. The molecule has 2 fully saturated rings. The lowest BCUT2D eigenvalue weighted by Crippen LogP contribution is -2.46. The highest BCUT2D eigenvalue weighted by atomic mass is 19.1. The molecule has 0 radical (unpaired) electrons. The van der Waals surface area contributed by atoms with E-state index in [2.05, 4.69) is 15.3 Å². The maximum Gasteiger partial charge on any atom is 0.318 e. The minimum absolute atomic E-state index is 0.00294. The van der Waals surface area contributed by atoms with Gasteiger partial charge in [0.1, 0.15) is 11.6 Å². The van der Waals surface area contributed by atoms with Crippen molar-refractivity contribution >= 4 is 6.03 Å². The number of urea groups is 1. The van der Waals surface area contributed by atoms with Crippen molar-refractivity contribution in [2.75, 3.05) is 6.54 Å². The van der Waals surface area contributed by atoms with Crippen LogP contribution in [-0.4, -0.2) is 27.4 Å². The molecular weight excluding hydrogens is 319 g/mol. The van der Waals surface area contributed by atoms with E-state index in [1.54, 1.807) is 24.5 Å². The Labute approximate surface area is 146 Å². The maximum atomic E-state index is 13.2. The van der Waals surface area contributed by atoms with Crippen LogP contribution in [0.3, 0.4) is 0 Å². The Kier molecular flexibility index (Phi) is 4.42. The number of benzene rings is 1. The lowest BCUT2D eigenvalue weighted by atomic mass is 10.0. The molecule has 1 aliphatic carbocycles. The molecule has 6 heteroatoms. The molecule has 1 aromatic heterocycles. The molecule has 5 nitrogen and oxygen atoms in total. The normalized spacial score (nSPS) is 21.8. The van der Waals surface area contributed by atoms with E-state index in [4.69, 9.17) is 0 Å². The lowest BCUT2D eigenvalue weighted by Gasteiger charge is -2.35. The van der Waals surface area contributed by atoms with E-state index in [1.165, 1.54) is 12.1 Å². The van der Waals surface area contributed by atoms with Crippen molar-refractivity contribution in [1.82, 2.24) is 20.2 Å². The van der Waals surface area contributed by atoms with E-state index in [9.17, 15) is 9.18 Å². The summed E-state index contributed by atoms with van der Waals surface area (Å²) in [6.45, 7) is 0.734. The molecule has 2 N–H and O–H groups in total. The summed E-state index contributed by atoms with van der Waals surface area (Å²) in [5.41, 5.74) is 0.976. The average Bonchev–Trinajstić information content (AvgIpc) is 3.33. The molecule has 1 saturated heterocycles. The molecule has 2 aliphatic rings. The van der Waals surface area contributed by atoms with Crippen molar-refractivity contribution in [1.29, 1.82) is 0 Å². The molecule has 1 saturated carbocycles. The van der Waals surface area contributed by atoms with Crippen LogP contribution in [0.4, 0.5) is 9.18 Å². The zero-order valence-electron chi connectivity index (χ0n) is 14.1. The van der Waals surface area contributed by atoms with E-state index >= 15 is 0 Å². The van der Waals surface area contributed by atoms with Gasteiger partial charge in [-0.15, -0.1) is 0 Å². The molecule has 1 aromatic carbocycles. The third kappa shape index (κ3) is 3.52. The molecule has 0 bridgehead atoms. The van der Waals surface area contributed by atoms with Crippen molar-refractivity contribution in [2.45, 2.75) is 44.2 Å². The van der Waals surface area contributed by atoms with Crippen LogP contribution in [0.5, 0.6) is 0 Å². The van der Waals surface area contributed by atoms with Gasteiger partial charge in [0.2, 0.25) is 0 Å². The smallest absolute Gasteiger partial charge is 0.318 e. The second kappa shape index (κ2) is 6.86. The molecule has 2 heterocycles. The van der Waals surface area contributed by atoms with Gasteiger partial charge in [0.15, 0.2) is 0 Å². The lowest BCUT2D eigenvalue weighted by molar-refractivity contribution is 0.144. The zero-order valence-corrected chi connectivity index (χ0v) is 14.1. The summed E-state index contributed by atoms with van der Waals surface area (Å²) in [6.07, 6.45) is 8.75. The number of carbonyl (C=O) groups excluding carboxylic acids is 1. The Morgan fingerprint density at radius 3 is 2.72 bits per heavy atom. The quantitative estimate of drug-likeness (QED) is 0.884. The van der Waals surface area contributed by atoms with E-state index in [-0.39, 0.29) is 23.9 Å². The number of carbonyl (C=O) groups is 1. The van der Waals surface area contributed by atoms with Crippen molar-refractivity contribution in [3.8, 4) is 0 Å². The number of rotatable bonds is 4. The first-order valence-electron chi connectivity index (χ1n) is 9.04. The summed E-state index contributed by atoms with van der Waals surface area (Å²) >= 11 is 0. The van der Waals surface area contributed by atoms with Gasteiger partial charge in [0, 0.05) is 18.9 Å². The molecule has 2 amide bonds. The molecule has 0 spiro atoms. The Morgan fingerprint density at radius 1 is 1.24 bits per heavy atom. The average molecular weight is 342 g/mol. The molecule has 2 atom stereocenters. The number of piperidine rings is 1. The van der Waals surface area contributed by atoms with Crippen LogP contribution in [0.2, 0.25) is 0 Å². The fraction of sp³-hybridized carbons (Fsp3) is 0.474. The first-order valence-corrected chi connectivity index (χ1v) is 9.04. The first-order chi connectivity index (χ1) is 12.2. The zero-order chi connectivity index (χ0) is 17.2. The molecule has 25 heavy (non-hydrogen) atoms. The molecular formula is C19H23FN4O. The van der Waals surface area contributed by atoms with Crippen LogP contribution in [0, 0.1) is 11.7 Å². The number of likely N-dealkylation sites (tertiary alicyclic amines) is 1. The summed E-state index contributed by atoms with van der Waals surface area (Å²) < 4.78 is 13.2. The molecule has 1 aliphatic heterocycles. The van der Waals surface area contributed by atoms with Crippen molar-refractivity contribution in [2.24, 2.45) is 5.92 Å². The molecule has 4 rings (SSSR count). The Bertz CT molecular complexity index is 712. The first kappa shape index (κ1) is 16.1. The Balaban J connectivity index is 1.51. The highest BCUT2D eigenvalue weighted by Gasteiger charge is 2.36. The topological polar surface area (TPSA) is 61.0 Å². The van der Waals surface area contributed by atoms with Gasteiger partial charge in [-0.05, 0) is 55.7 Å². The largest absolute Gasteiger partial charge is 0.347 e. The van der Waals surface area contributed by atoms with Crippen molar-refractivity contribution in [3.05, 3.63) is 53.9 Å². The van der Waals surface area contributed by atoms with Gasteiger partial charge in [0.25, 0.3) is 0 Å². The maximum absolute atomic E-state index is 13.2. The van der Waals surface area contributed by atoms with E-state index < -0.39 is 0 Å². The van der Waals surface area contributed by atoms with Crippen molar-refractivity contribution in [3.63, 3.8) is 0 Å². The van der Waals surface area contributed by atoms with Gasteiger partial charge in [-0.2, -0.15) is 0 Å². The van der Waals surface area contributed by atoms with Crippen molar-refractivity contribution < 1.29 is 9.18 Å². The van der Waals surface area contributed by atoms with E-state index in [1.807, 2.05) is 4.90 Å². The van der Waals surface area contributed by atoms with Crippen LogP contribution in [0.15, 0.2) is 36.7 Å². The Hall–Kier alpha value is -2.37. The monoisotopic (exact) mass is 342 g/mol. The second-order valence-corrected chi connectivity index (χ2v) is 7.00. The molecule has 0 unspecified atom stereocenters. The number of hydrogen-bond acceptors (Lipinski definition) is 2. The van der Waals surface area contributed by atoms with Gasteiger partial charge in [-0.1, -0.05) is 12.1 Å². The fourth-order valence-corrected chi connectivity index (χ4v) is 3.71. The van der Waals surface area contributed by atoms with Crippen LogP contribution in [-0.2, 0) is 0 Å². The van der Waals surface area contributed by atoms with Gasteiger partial charge < -0.3 is 15.2 Å². The number of imidazole rings is 1. The summed E-state index contributed by atoms with van der Waals surface area (Å²) in [5.74, 6) is 1.04. The van der Waals surface area contributed by atoms with Crippen LogP contribution < -0.4 is 5.32 Å². The number of amides is 2. The Morgan fingerprint density at radius 2 is 2.04 bits per heavy atom. The third-order valence-corrected chi connectivity index (χ3v) is 5.20. The SMILES string of the molecule is O=C(N[C@H](c1ccc(F)cc1)C1CC1)N1CCCC[C@H]1c1ncc[nH]1. The molecule has 2 aromatic rings. The minimum Gasteiger partial charge on any atom is -0.347 e. The second-order valence-electron chi connectivity index (χ2n) is 7.00. The number of nitrogens with one attached hydrogen (secondary N) is 2. The highest BCUT2D eigenvalue weighted by molar-refractivity contribution is 5.75. The standard InChI is InChI=1S/C19H23FN4O/c20-15-8-6-14(7-9-15)17(13-4-5-13)23-19(25)24-12-2-1-3-16(24)18-21-10-11-22-18/h6-11,13,16-17H,1-5,12H2,(H,21,22)(H,23,25)/t16-,17-/m0/s1. The number of nitrogens with zero attached hydrogens (tertiary/aromatic N) is 2. The van der Waals surface area contributed by atoms with Gasteiger partial charge in [-0.3, -0.25) is 0 Å². The number of H-pyrrole nitrogens is 1. The number of aromatic amines is 1. The van der Waals surface area contributed by atoms with Crippen LogP contribution in [0.25, 0.3) is 0 Å². The predicted molar refractivity (Wildman–Crippen MR) is 92.3 cm³/mol. The summed E-state index contributed by atoms with van der Waals surface area (Å²) in [5, 5.41) is 3.20. The van der Waals surface area contributed by atoms with Gasteiger partial charge in [-0.25, -0.2) is 14.2 Å². The van der Waals surface area contributed by atoms with E-state index in [0.717, 1.165) is 50.0 Å². The number of aromatic nitrogens is 2. The number of hydrogen-bond donors (Lipinski definition) is 2.